The summed E-state index contributed by atoms with van der Waals surface area (Å²) in [5, 5.41) is 1.60. The smallest absolute Gasteiger partial charge is 0.252 e. The minimum absolute atomic E-state index is 0.0223. The maximum atomic E-state index is 10.5. The fraction of sp³-hybridized carbons (Fsp3) is 0.169. The molecular formula is C65H57BN2O. The van der Waals surface area contributed by atoms with Crippen LogP contribution in [-0.2, 0) is 10.8 Å². The lowest BCUT2D eigenvalue weighted by Gasteiger charge is -2.45. The Bertz CT molecular complexity index is 4610. The monoisotopic (exact) mass is 910 g/mol. The minimum Gasteiger partial charge on any atom is -0.454 e. The summed E-state index contributed by atoms with van der Waals surface area (Å²) < 4.78 is 165. The van der Waals surface area contributed by atoms with Crippen molar-refractivity contribution >= 4 is 79.2 Å². The molecule has 12 rings (SSSR count). The molecule has 0 bridgehead atoms. The van der Waals surface area contributed by atoms with Crippen molar-refractivity contribution in [3.8, 4) is 33.4 Å². The number of aryl methyl sites for hydroxylation is 3. The van der Waals surface area contributed by atoms with E-state index in [1.807, 2.05) is 51.1 Å². The molecule has 9 aromatic carbocycles. The predicted molar refractivity (Wildman–Crippen MR) is 296 cm³/mol. The lowest BCUT2D eigenvalue weighted by atomic mass is 9.33. The van der Waals surface area contributed by atoms with E-state index in [-0.39, 0.29) is 27.7 Å². The summed E-state index contributed by atoms with van der Waals surface area (Å²) >= 11 is 0. The quantitative estimate of drug-likeness (QED) is 0.160. The molecule has 0 radical (unpaired) electrons. The average Bonchev–Trinajstić information content (AvgIpc) is 0.902. The van der Waals surface area contributed by atoms with Gasteiger partial charge in [0.2, 0.25) is 0 Å². The number of furan rings is 1. The molecule has 3 nitrogen and oxygen atoms in total. The normalized spacial score (nSPS) is 16.7. The molecule has 0 unspecified atom stereocenters. The first kappa shape index (κ1) is 28.1. The molecule has 2 aliphatic heterocycles. The molecule has 0 saturated heterocycles. The highest BCUT2D eigenvalue weighted by atomic mass is 16.3. The molecule has 0 atom stereocenters. The van der Waals surface area contributed by atoms with Crippen LogP contribution in [0.5, 0.6) is 0 Å². The molecule has 10 aromatic rings. The second-order valence-corrected chi connectivity index (χ2v) is 20.3. The standard InChI is InChI=1S/C65H57BN2O/c1-40-34-56-60-57(35-40)68(61-41(2)36-49(37-42(61)3)65(7,8)9)62-54(33-31-52-59-51(24-17-25-58(59)69-63(52)62)45-26-29-48(30-27-45)64(4,5)6)66(60)53-32-28-47(44-20-14-11-15-21-44)39-55(53)67(56)50-23-16-22-46(38-50)43-18-12-10-13-19-43/h10-39H,1-9H3/i10D,11D,12D,13D,14D,15D,16D,18D,19D,20D,21D,22D,23D,28D,32D,38D,39D. The largest absolute Gasteiger partial charge is 0.454 e. The Hall–Kier alpha value is -7.56. The van der Waals surface area contributed by atoms with Gasteiger partial charge in [-0.1, -0.05) is 187 Å². The summed E-state index contributed by atoms with van der Waals surface area (Å²) in [6, 6.07) is 13.8. The number of rotatable bonds is 5. The van der Waals surface area contributed by atoms with E-state index in [4.69, 9.17) is 15.4 Å². The van der Waals surface area contributed by atoms with E-state index in [1.54, 1.807) is 6.07 Å². The van der Waals surface area contributed by atoms with E-state index < -0.39 is 137 Å². The van der Waals surface area contributed by atoms with Crippen LogP contribution in [0.3, 0.4) is 0 Å². The van der Waals surface area contributed by atoms with E-state index in [9.17, 15) is 12.3 Å². The SMILES string of the molecule is [2H]c1c([2H])c([2H])c(-c2c([2H])c([2H])c([2H])c(N3c4cc(C)cc5c4B(c4ccc6c(oc7cccc(-c8ccc(C(C)(C)C)cc8)c76)c4N5c4c(C)cc(C(C)(C)C)cc4C)c4c([2H])c([2H])c(-c5c([2H])c([2H])c([2H])c([2H])c5[2H])c([2H])c43)c2[2H])c([2H])c1[2H]. The Labute approximate surface area is 431 Å². The first-order valence-electron chi connectivity index (χ1n) is 31.7. The summed E-state index contributed by atoms with van der Waals surface area (Å²) in [5.41, 5.74) is 7.26. The van der Waals surface area contributed by atoms with Crippen LogP contribution in [0.25, 0.3) is 55.3 Å². The number of hydrogen-bond acceptors (Lipinski definition) is 3. The van der Waals surface area contributed by atoms with Gasteiger partial charge in [-0.3, -0.25) is 0 Å². The zero-order chi connectivity index (χ0) is 62.3. The van der Waals surface area contributed by atoms with Crippen molar-refractivity contribution in [1.29, 1.82) is 0 Å². The van der Waals surface area contributed by atoms with Crippen molar-refractivity contribution in [2.45, 2.75) is 73.1 Å². The van der Waals surface area contributed by atoms with Gasteiger partial charge in [0.05, 0.1) is 34.7 Å². The van der Waals surface area contributed by atoms with Crippen LogP contribution in [0.2, 0.25) is 0 Å². The van der Waals surface area contributed by atoms with E-state index in [2.05, 4.69) is 88.9 Å². The summed E-state index contributed by atoms with van der Waals surface area (Å²) in [7, 11) is 0. The van der Waals surface area contributed by atoms with Crippen LogP contribution in [0.1, 0.15) is 92.7 Å². The Morgan fingerprint density at radius 2 is 1.13 bits per heavy atom. The van der Waals surface area contributed by atoms with Gasteiger partial charge in [-0.25, -0.2) is 0 Å². The van der Waals surface area contributed by atoms with E-state index in [0.717, 1.165) is 44.3 Å². The number of anilines is 6. The highest BCUT2D eigenvalue weighted by Crippen LogP contribution is 2.51. The maximum Gasteiger partial charge on any atom is 0.252 e. The van der Waals surface area contributed by atoms with Gasteiger partial charge in [0.15, 0.2) is 5.58 Å². The molecule has 2 aliphatic rings. The number of fused-ring (bicyclic) bond motifs is 8. The third kappa shape index (κ3) is 6.94. The molecule has 3 heterocycles. The molecule has 69 heavy (non-hydrogen) atoms. The molecule has 4 heteroatoms. The van der Waals surface area contributed by atoms with Crippen LogP contribution >= 0.6 is 0 Å². The average molecular weight is 910 g/mol. The number of nitrogens with zero attached hydrogens (tertiary/aromatic N) is 2. The van der Waals surface area contributed by atoms with Crippen molar-refractivity contribution in [1.82, 2.24) is 0 Å². The molecule has 0 N–H and O–H groups in total. The molecule has 336 valence electrons. The van der Waals surface area contributed by atoms with E-state index >= 15 is 0 Å². The van der Waals surface area contributed by atoms with E-state index in [1.165, 1.54) is 10.5 Å². The Morgan fingerprint density at radius 1 is 0.507 bits per heavy atom. The lowest BCUT2D eigenvalue weighted by molar-refractivity contribution is 0.589. The highest BCUT2D eigenvalue weighted by Gasteiger charge is 2.45. The molecule has 0 saturated carbocycles. The maximum absolute atomic E-state index is 10.5. The van der Waals surface area contributed by atoms with Crippen molar-refractivity contribution < 1.29 is 27.7 Å². The Kier molecular flexibility index (Phi) is 6.41. The van der Waals surface area contributed by atoms with Gasteiger partial charge < -0.3 is 14.2 Å². The van der Waals surface area contributed by atoms with Gasteiger partial charge in [0.25, 0.3) is 6.71 Å². The number of hydrogen-bond donors (Lipinski definition) is 0. The van der Waals surface area contributed by atoms with Crippen LogP contribution < -0.4 is 26.2 Å². The Balaban J connectivity index is 1.28. The first-order chi connectivity index (χ1) is 40.3. The van der Waals surface area contributed by atoms with Crippen LogP contribution in [0.15, 0.2) is 186 Å². The molecule has 0 spiro atoms. The number of benzene rings is 9. The molecule has 0 fully saturated rings. The first-order valence-corrected chi connectivity index (χ1v) is 23.2. The van der Waals surface area contributed by atoms with Gasteiger partial charge in [-0.05, 0) is 146 Å². The van der Waals surface area contributed by atoms with Crippen LogP contribution in [-0.4, -0.2) is 6.71 Å². The fourth-order valence-corrected chi connectivity index (χ4v) is 10.3. The second-order valence-electron chi connectivity index (χ2n) is 20.3. The molecule has 1 aromatic heterocycles. The molecular weight excluding hydrogens is 836 g/mol. The fourth-order valence-electron chi connectivity index (χ4n) is 10.3. The van der Waals surface area contributed by atoms with Crippen LogP contribution in [0.4, 0.5) is 34.1 Å². The summed E-state index contributed by atoms with van der Waals surface area (Å²) in [6.45, 7) is 17.7. The van der Waals surface area contributed by atoms with E-state index in [0.29, 0.717) is 39.0 Å². The Morgan fingerprint density at radius 3 is 1.78 bits per heavy atom. The van der Waals surface area contributed by atoms with Crippen molar-refractivity contribution in [3.05, 3.63) is 209 Å². The highest BCUT2D eigenvalue weighted by molar-refractivity contribution is 7.00. The van der Waals surface area contributed by atoms with Gasteiger partial charge in [0.1, 0.15) is 5.58 Å². The van der Waals surface area contributed by atoms with Gasteiger partial charge in [-0.2, -0.15) is 0 Å². The minimum atomic E-state index is -1.10. The lowest BCUT2D eigenvalue weighted by Crippen LogP contribution is -2.61. The van der Waals surface area contributed by atoms with Gasteiger partial charge in [0, 0.05) is 33.5 Å². The third-order valence-electron chi connectivity index (χ3n) is 13.6. The topological polar surface area (TPSA) is 19.6 Å². The zero-order valence-electron chi connectivity index (χ0n) is 56.9. The molecule has 0 aliphatic carbocycles. The second kappa shape index (κ2) is 15.8. The molecule has 0 amide bonds. The van der Waals surface area contributed by atoms with Crippen LogP contribution in [0, 0.1) is 20.8 Å². The van der Waals surface area contributed by atoms with Gasteiger partial charge >= 0.3 is 0 Å². The van der Waals surface area contributed by atoms with Crippen molar-refractivity contribution in [3.63, 3.8) is 0 Å². The van der Waals surface area contributed by atoms with Crippen molar-refractivity contribution in [2.24, 2.45) is 0 Å². The summed E-state index contributed by atoms with van der Waals surface area (Å²) in [4.78, 5) is 3.44. The van der Waals surface area contributed by atoms with Crippen molar-refractivity contribution in [2.75, 3.05) is 9.80 Å². The summed E-state index contributed by atoms with van der Waals surface area (Å²) in [5.74, 6) is 0. The predicted octanol–water partition coefficient (Wildman–Crippen LogP) is 16.2. The summed E-state index contributed by atoms with van der Waals surface area (Å²) in [6.07, 6.45) is 0. The third-order valence-corrected chi connectivity index (χ3v) is 13.6. The van der Waals surface area contributed by atoms with Gasteiger partial charge in [-0.15, -0.1) is 0 Å². The zero-order valence-corrected chi connectivity index (χ0v) is 39.9.